The van der Waals surface area contributed by atoms with Gasteiger partial charge in [-0.3, -0.25) is 0 Å². The molecule has 0 spiro atoms. The first-order valence-corrected chi connectivity index (χ1v) is 10.4. The van der Waals surface area contributed by atoms with Crippen molar-refractivity contribution in [2.75, 3.05) is 13.2 Å². The maximum absolute atomic E-state index is 10.5. The molecule has 2 aromatic rings. The molecular formula is C24H30O6. The van der Waals surface area contributed by atoms with Crippen molar-refractivity contribution in [1.29, 1.82) is 0 Å². The molecule has 2 saturated heterocycles. The molecule has 0 bridgehead atoms. The fourth-order valence-corrected chi connectivity index (χ4v) is 3.93. The van der Waals surface area contributed by atoms with Gasteiger partial charge in [-0.15, -0.1) is 0 Å². The summed E-state index contributed by atoms with van der Waals surface area (Å²) in [7, 11) is 0. The van der Waals surface area contributed by atoms with Gasteiger partial charge in [-0.1, -0.05) is 36.4 Å². The van der Waals surface area contributed by atoms with E-state index in [9.17, 15) is 10.2 Å². The first-order valence-electron chi connectivity index (χ1n) is 10.4. The minimum absolute atomic E-state index is 0.307. The maximum atomic E-state index is 10.5. The van der Waals surface area contributed by atoms with Crippen LogP contribution in [0.25, 0.3) is 0 Å². The Kier molecular flexibility index (Phi) is 6.25. The average Bonchev–Trinajstić information content (AvgIpc) is 2.75. The van der Waals surface area contributed by atoms with Crippen LogP contribution in [-0.4, -0.2) is 47.8 Å². The van der Waals surface area contributed by atoms with E-state index in [1.807, 2.05) is 57.2 Å². The zero-order valence-corrected chi connectivity index (χ0v) is 17.9. The van der Waals surface area contributed by atoms with E-state index in [0.717, 1.165) is 22.3 Å². The van der Waals surface area contributed by atoms with Crippen molar-refractivity contribution in [3.63, 3.8) is 0 Å². The summed E-state index contributed by atoms with van der Waals surface area (Å²) in [6, 6.07) is 12.1. The second kappa shape index (κ2) is 8.75. The van der Waals surface area contributed by atoms with Gasteiger partial charge in [0.05, 0.1) is 13.2 Å². The summed E-state index contributed by atoms with van der Waals surface area (Å²) >= 11 is 0. The molecule has 0 aliphatic carbocycles. The zero-order chi connectivity index (χ0) is 21.4. The van der Waals surface area contributed by atoms with Gasteiger partial charge in [-0.2, -0.15) is 0 Å². The predicted octanol–water partition coefficient (Wildman–Crippen LogP) is 3.17. The van der Waals surface area contributed by atoms with Gasteiger partial charge in [0, 0.05) is 11.1 Å². The number of aryl methyl sites for hydroxylation is 4. The number of benzene rings is 2. The van der Waals surface area contributed by atoms with E-state index in [-0.39, 0.29) is 0 Å². The number of aliphatic hydroxyl groups is 2. The van der Waals surface area contributed by atoms with Gasteiger partial charge in [-0.25, -0.2) is 0 Å². The van der Waals surface area contributed by atoms with Crippen LogP contribution in [0.5, 0.6) is 0 Å². The van der Waals surface area contributed by atoms with Crippen molar-refractivity contribution < 1.29 is 29.2 Å². The monoisotopic (exact) mass is 414 g/mol. The van der Waals surface area contributed by atoms with Gasteiger partial charge in [0.15, 0.2) is 12.6 Å². The van der Waals surface area contributed by atoms with E-state index in [2.05, 4.69) is 6.92 Å². The third kappa shape index (κ3) is 4.17. The lowest BCUT2D eigenvalue weighted by Crippen LogP contribution is -2.58. The van der Waals surface area contributed by atoms with Gasteiger partial charge in [-0.05, 0) is 49.9 Å². The lowest BCUT2D eigenvalue weighted by Gasteiger charge is -2.47. The van der Waals surface area contributed by atoms with Crippen molar-refractivity contribution in [1.82, 2.24) is 0 Å². The summed E-state index contributed by atoms with van der Waals surface area (Å²) in [6.07, 6.45) is -4.05. The third-order valence-electron chi connectivity index (χ3n) is 6.13. The molecule has 162 valence electrons. The Morgan fingerprint density at radius 3 is 2.00 bits per heavy atom. The topological polar surface area (TPSA) is 77.4 Å². The van der Waals surface area contributed by atoms with Crippen LogP contribution in [0.1, 0.15) is 46.0 Å². The number of ether oxygens (including phenoxy) is 4. The van der Waals surface area contributed by atoms with Crippen LogP contribution in [0.2, 0.25) is 0 Å². The Bertz CT molecular complexity index is 895. The summed E-state index contributed by atoms with van der Waals surface area (Å²) in [4.78, 5) is 0. The molecule has 0 unspecified atom stereocenters. The Morgan fingerprint density at radius 2 is 1.43 bits per heavy atom. The smallest absolute Gasteiger partial charge is 0.184 e. The molecule has 0 saturated carbocycles. The molecule has 2 fully saturated rings. The lowest BCUT2D eigenvalue weighted by molar-refractivity contribution is -0.373. The highest BCUT2D eigenvalue weighted by Crippen LogP contribution is 2.39. The molecule has 0 aromatic heterocycles. The van der Waals surface area contributed by atoms with Crippen LogP contribution < -0.4 is 0 Å². The first-order chi connectivity index (χ1) is 14.4. The van der Waals surface area contributed by atoms with Gasteiger partial charge >= 0.3 is 0 Å². The van der Waals surface area contributed by atoms with E-state index in [1.165, 1.54) is 11.1 Å². The fraction of sp³-hybridized carbons (Fsp3) is 0.500. The number of fused-ring (bicyclic) bond motifs is 1. The second-order valence-electron chi connectivity index (χ2n) is 8.31. The van der Waals surface area contributed by atoms with Crippen molar-refractivity contribution in [3.05, 3.63) is 69.8 Å². The Hall–Kier alpha value is -1.80. The molecule has 6 heteroatoms. The van der Waals surface area contributed by atoms with Crippen LogP contribution >= 0.6 is 0 Å². The highest BCUT2D eigenvalue weighted by atomic mass is 16.8. The fourth-order valence-electron chi connectivity index (χ4n) is 3.93. The average molecular weight is 414 g/mol. The van der Waals surface area contributed by atoms with Crippen LogP contribution in [0.15, 0.2) is 36.4 Å². The van der Waals surface area contributed by atoms with Gasteiger partial charge in [0.1, 0.15) is 24.4 Å². The van der Waals surface area contributed by atoms with E-state index in [1.54, 1.807) is 0 Å². The Balaban J connectivity index is 1.57. The molecular weight excluding hydrogens is 384 g/mol. The van der Waals surface area contributed by atoms with E-state index in [4.69, 9.17) is 18.9 Å². The quantitative estimate of drug-likeness (QED) is 0.800. The van der Waals surface area contributed by atoms with Crippen molar-refractivity contribution in [2.45, 2.75) is 64.7 Å². The first kappa shape index (κ1) is 21.4. The summed E-state index contributed by atoms with van der Waals surface area (Å²) in [5.41, 5.74) is 6.43. The molecule has 6 nitrogen and oxygen atoms in total. The molecule has 0 amide bonds. The van der Waals surface area contributed by atoms with Gasteiger partial charge in [0.25, 0.3) is 0 Å². The van der Waals surface area contributed by atoms with Crippen molar-refractivity contribution >= 4 is 0 Å². The number of rotatable bonds is 4. The van der Waals surface area contributed by atoms with Crippen molar-refractivity contribution in [2.24, 2.45) is 0 Å². The lowest BCUT2D eigenvalue weighted by atomic mass is 9.98. The largest absolute Gasteiger partial charge is 0.394 e. The van der Waals surface area contributed by atoms with Gasteiger partial charge in [0.2, 0.25) is 0 Å². The SMILES string of the molecule is Cc1ccc([C@H]2OC[C@@H]3O[C@@H](c4ccc(C)c(C)c4)O[C@H]([C@H](O)CO)[C@@H]3O2)cc1C. The molecule has 2 heterocycles. The van der Waals surface area contributed by atoms with Crippen LogP contribution in [-0.2, 0) is 18.9 Å². The minimum Gasteiger partial charge on any atom is -0.394 e. The van der Waals surface area contributed by atoms with Crippen molar-refractivity contribution in [3.8, 4) is 0 Å². The molecule has 4 rings (SSSR count). The van der Waals surface area contributed by atoms with Crippen LogP contribution in [0.3, 0.4) is 0 Å². The molecule has 30 heavy (non-hydrogen) atoms. The van der Waals surface area contributed by atoms with E-state index < -0.39 is 43.6 Å². The summed E-state index contributed by atoms with van der Waals surface area (Å²) in [5, 5.41) is 20.1. The normalized spacial score (nSPS) is 30.0. The maximum Gasteiger partial charge on any atom is 0.184 e. The molecule has 6 atom stereocenters. The summed E-state index contributed by atoms with van der Waals surface area (Å²) < 4.78 is 24.4. The molecule has 2 N–H and O–H groups in total. The van der Waals surface area contributed by atoms with Crippen LogP contribution in [0.4, 0.5) is 0 Å². The highest BCUT2D eigenvalue weighted by Gasteiger charge is 2.48. The van der Waals surface area contributed by atoms with E-state index >= 15 is 0 Å². The Labute approximate surface area is 177 Å². The molecule has 2 aliphatic rings. The summed E-state index contributed by atoms with van der Waals surface area (Å²) in [5.74, 6) is 0. The standard InChI is InChI=1S/C24H30O6/c1-13-5-7-17(9-15(13)3)23-27-12-20-22(30-23)21(19(26)11-25)29-24(28-20)18-8-6-14(2)16(4)10-18/h5-10,19-26H,11-12H2,1-4H3/t19-,20+,21-,22-,23+,24-/m1/s1. The molecule has 2 aliphatic heterocycles. The third-order valence-corrected chi connectivity index (χ3v) is 6.13. The number of hydrogen-bond acceptors (Lipinski definition) is 6. The van der Waals surface area contributed by atoms with Crippen LogP contribution in [0, 0.1) is 27.7 Å². The molecule has 0 radical (unpaired) electrons. The summed E-state index contributed by atoms with van der Waals surface area (Å²) in [6.45, 7) is 8.07. The predicted molar refractivity (Wildman–Crippen MR) is 111 cm³/mol. The molecule has 2 aromatic carbocycles. The highest BCUT2D eigenvalue weighted by molar-refractivity contribution is 5.32. The zero-order valence-electron chi connectivity index (χ0n) is 17.9. The number of aliphatic hydroxyl groups excluding tert-OH is 2. The Morgan fingerprint density at radius 1 is 0.833 bits per heavy atom. The van der Waals surface area contributed by atoms with E-state index in [0.29, 0.717) is 6.61 Å². The van der Waals surface area contributed by atoms with Gasteiger partial charge < -0.3 is 29.2 Å². The number of hydrogen-bond donors (Lipinski definition) is 2. The minimum atomic E-state index is -1.09. The second-order valence-corrected chi connectivity index (χ2v) is 8.31.